The van der Waals surface area contributed by atoms with Gasteiger partial charge in [-0.05, 0) is 19.1 Å². The van der Waals surface area contributed by atoms with Gasteiger partial charge in [-0.15, -0.1) is 11.3 Å². The third kappa shape index (κ3) is 1.39. The van der Waals surface area contributed by atoms with Gasteiger partial charge in [0, 0.05) is 11.8 Å². The molecular formula is C7H7OS. The predicted molar refractivity (Wildman–Crippen MR) is 38.7 cm³/mol. The van der Waals surface area contributed by atoms with Crippen LogP contribution in [0.25, 0.3) is 0 Å². The molecule has 1 nitrogen and oxygen atoms in total. The van der Waals surface area contributed by atoms with Crippen LogP contribution in [0.4, 0.5) is 0 Å². The number of carbonyl (C=O) groups is 1. The molecule has 0 amide bonds. The van der Waals surface area contributed by atoms with Gasteiger partial charge in [0.05, 0.1) is 4.88 Å². The fraction of sp³-hybridized carbons (Fsp3) is 0.143. The molecule has 1 aromatic rings. The van der Waals surface area contributed by atoms with E-state index in [2.05, 4.69) is 6.92 Å². The van der Waals surface area contributed by atoms with Crippen molar-refractivity contribution >= 4 is 17.1 Å². The highest BCUT2D eigenvalue weighted by atomic mass is 32.1. The Morgan fingerprint density at radius 1 is 1.67 bits per heavy atom. The lowest BCUT2D eigenvalue weighted by atomic mass is 10.3. The van der Waals surface area contributed by atoms with E-state index in [-0.39, 0.29) is 5.78 Å². The topological polar surface area (TPSA) is 17.1 Å². The third-order valence-corrected chi connectivity index (χ3v) is 2.06. The molecule has 0 spiro atoms. The van der Waals surface area contributed by atoms with Gasteiger partial charge in [-0.25, -0.2) is 0 Å². The Bertz CT molecular complexity index is 225. The molecule has 0 saturated heterocycles. The van der Waals surface area contributed by atoms with Gasteiger partial charge >= 0.3 is 0 Å². The monoisotopic (exact) mass is 139 g/mol. The molecule has 0 aliphatic carbocycles. The summed E-state index contributed by atoms with van der Waals surface area (Å²) in [4.78, 5) is 12.5. The number of thiophene rings is 1. The van der Waals surface area contributed by atoms with Crippen molar-refractivity contribution in [2.24, 2.45) is 0 Å². The van der Waals surface area contributed by atoms with Crippen molar-refractivity contribution in [1.29, 1.82) is 0 Å². The molecule has 2 heteroatoms. The van der Waals surface area contributed by atoms with Gasteiger partial charge in [-0.1, -0.05) is 0 Å². The normalized spacial score (nSPS) is 9.56. The molecule has 0 atom stereocenters. The average Bonchev–Trinajstić information content (AvgIpc) is 2.14. The Kier molecular flexibility index (Phi) is 1.67. The molecule has 1 radical (unpaired) electrons. The molecule has 0 N–H and O–H groups in total. The lowest BCUT2D eigenvalue weighted by Gasteiger charge is -1.80. The van der Waals surface area contributed by atoms with Gasteiger partial charge < -0.3 is 0 Å². The maximum Gasteiger partial charge on any atom is 0.173 e. The van der Waals surface area contributed by atoms with Crippen LogP contribution in [-0.2, 0) is 0 Å². The van der Waals surface area contributed by atoms with Crippen molar-refractivity contribution in [2.45, 2.75) is 6.92 Å². The zero-order chi connectivity index (χ0) is 6.85. The largest absolute Gasteiger partial charge is 0.293 e. The fourth-order valence-corrected chi connectivity index (χ4v) is 1.32. The van der Waals surface area contributed by atoms with Crippen LogP contribution in [0.2, 0.25) is 0 Å². The van der Waals surface area contributed by atoms with Crippen LogP contribution in [0.5, 0.6) is 0 Å². The number of carbonyl (C=O) groups excluding carboxylic acids is 1. The zero-order valence-electron chi connectivity index (χ0n) is 5.18. The first-order valence-electron chi connectivity index (χ1n) is 2.63. The van der Waals surface area contributed by atoms with E-state index >= 15 is 0 Å². The highest BCUT2D eigenvalue weighted by Crippen LogP contribution is 2.14. The van der Waals surface area contributed by atoms with Gasteiger partial charge in [0.2, 0.25) is 0 Å². The minimum atomic E-state index is -0.0897. The van der Waals surface area contributed by atoms with Crippen LogP contribution in [-0.4, -0.2) is 5.78 Å². The van der Waals surface area contributed by atoms with E-state index in [1.54, 1.807) is 6.07 Å². The molecule has 0 aliphatic rings. The fourth-order valence-electron chi connectivity index (χ4n) is 0.584. The highest BCUT2D eigenvalue weighted by Gasteiger charge is 1.99. The van der Waals surface area contributed by atoms with Gasteiger partial charge in [0.25, 0.3) is 0 Å². The Labute approximate surface area is 58.3 Å². The molecule has 0 fully saturated rings. The van der Waals surface area contributed by atoms with Crippen molar-refractivity contribution in [3.63, 3.8) is 0 Å². The third-order valence-electron chi connectivity index (χ3n) is 1.02. The molecule has 47 valence electrons. The molecule has 0 bridgehead atoms. The summed E-state index contributed by atoms with van der Waals surface area (Å²) in [6.07, 6.45) is 0. The maximum absolute atomic E-state index is 10.6. The number of rotatable bonds is 1. The van der Waals surface area contributed by atoms with E-state index < -0.39 is 0 Å². The minimum Gasteiger partial charge on any atom is -0.293 e. The molecule has 1 heterocycles. The smallest absolute Gasteiger partial charge is 0.173 e. The standard InChI is InChI=1S/C7H7OS/c1-5-3-4-7(9-5)6(2)8/h3-4H,2H2,1H3. The summed E-state index contributed by atoms with van der Waals surface area (Å²) in [5, 5.41) is 0. The Hall–Kier alpha value is -0.630. The number of hydrogen-bond acceptors (Lipinski definition) is 2. The Morgan fingerprint density at radius 2 is 2.33 bits per heavy atom. The number of hydrogen-bond donors (Lipinski definition) is 0. The number of Topliss-reactive ketones (excluding diaryl/α,β-unsaturated/α-hetero) is 1. The van der Waals surface area contributed by atoms with Gasteiger partial charge in [0.1, 0.15) is 0 Å². The van der Waals surface area contributed by atoms with Crippen LogP contribution >= 0.6 is 11.3 Å². The van der Waals surface area contributed by atoms with Crippen LogP contribution in [0.1, 0.15) is 14.5 Å². The first-order valence-corrected chi connectivity index (χ1v) is 3.44. The summed E-state index contributed by atoms with van der Waals surface area (Å²) in [6, 6.07) is 3.72. The molecule has 0 aliphatic heterocycles. The molecule has 9 heavy (non-hydrogen) atoms. The predicted octanol–water partition coefficient (Wildman–Crippen LogP) is 2.07. The van der Waals surface area contributed by atoms with Crippen molar-refractivity contribution in [3.05, 3.63) is 28.8 Å². The Balaban J connectivity index is 2.98. The maximum atomic E-state index is 10.6. The highest BCUT2D eigenvalue weighted by molar-refractivity contribution is 7.14. The van der Waals surface area contributed by atoms with E-state index in [9.17, 15) is 4.79 Å². The molecule has 0 saturated carbocycles. The molecule has 1 aromatic heterocycles. The van der Waals surface area contributed by atoms with Crippen molar-refractivity contribution in [2.75, 3.05) is 0 Å². The molecule has 1 rings (SSSR count). The van der Waals surface area contributed by atoms with E-state index in [1.165, 1.54) is 11.3 Å². The molecular weight excluding hydrogens is 132 g/mol. The lowest BCUT2D eigenvalue weighted by Crippen LogP contribution is -1.83. The van der Waals surface area contributed by atoms with E-state index in [1.807, 2.05) is 13.0 Å². The van der Waals surface area contributed by atoms with E-state index in [0.717, 1.165) is 9.75 Å². The van der Waals surface area contributed by atoms with Crippen LogP contribution in [0, 0.1) is 13.8 Å². The minimum absolute atomic E-state index is 0.0897. The van der Waals surface area contributed by atoms with Crippen molar-refractivity contribution in [1.82, 2.24) is 0 Å². The summed E-state index contributed by atoms with van der Waals surface area (Å²) in [5.74, 6) is -0.0897. The zero-order valence-corrected chi connectivity index (χ0v) is 5.99. The quantitative estimate of drug-likeness (QED) is 0.544. The summed E-state index contributed by atoms with van der Waals surface area (Å²) < 4.78 is 0. The van der Waals surface area contributed by atoms with Crippen molar-refractivity contribution < 1.29 is 4.79 Å². The summed E-state index contributed by atoms with van der Waals surface area (Å²) in [6.45, 7) is 5.26. The average molecular weight is 139 g/mol. The Morgan fingerprint density at radius 3 is 2.56 bits per heavy atom. The first kappa shape index (κ1) is 6.49. The van der Waals surface area contributed by atoms with Crippen LogP contribution in [0.15, 0.2) is 12.1 Å². The van der Waals surface area contributed by atoms with Crippen LogP contribution < -0.4 is 0 Å². The van der Waals surface area contributed by atoms with E-state index in [0.29, 0.717) is 0 Å². The van der Waals surface area contributed by atoms with Crippen molar-refractivity contribution in [3.8, 4) is 0 Å². The summed E-state index contributed by atoms with van der Waals surface area (Å²) >= 11 is 1.48. The SMILES string of the molecule is [CH2]C(=O)c1ccc(C)s1. The second kappa shape index (κ2) is 2.31. The van der Waals surface area contributed by atoms with E-state index in [4.69, 9.17) is 0 Å². The van der Waals surface area contributed by atoms with Gasteiger partial charge in [-0.3, -0.25) is 4.79 Å². The first-order chi connectivity index (χ1) is 4.20. The second-order valence-corrected chi connectivity index (χ2v) is 3.12. The van der Waals surface area contributed by atoms with Crippen LogP contribution in [0.3, 0.4) is 0 Å². The molecule has 0 aromatic carbocycles. The second-order valence-electron chi connectivity index (χ2n) is 1.83. The summed E-state index contributed by atoms with van der Waals surface area (Å²) in [5.41, 5.74) is 0. The summed E-state index contributed by atoms with van der Waals surface area (Å²) in [7, 11) is 0. The van der Waals surface area contributed by atoms with Gasteiger partial charge in [-0.2, -0.15) is 0 Å². The lowest BCUT2D eigenvalue weighted by molar-refractivity contribution is 0.104. The number of ketones is 1. The number of aryl methyl sites for hydroxylation is 1. The van der Waals surface area contributed by atoms with Gasteiger partial charge in [0.15, 0.2) is 5.78 Å². The molecule has 0 unspecified atom stereocenters.